The van der Waals surface area contributed by atoms with Gasteiger partial charge in [0.05, 0.1) is 0 Å². The maximum atomic E-state index is 11.6. The molecule has 0 radical (unpaired) electrons. The zero-order valence-corrected chi connectivity index (χ0v) is 10.9. The van der Waals surface area contributed by atoms with Crippen LogP contribution in [0.15, 0.2) is 0 Å². The highest BCUT2D eigenvalue weighted by atomic mass is 16.5. The molecule has 3 N–H and O–H groups in total. The van der Waals surface area contributed by atoms with Gasteiger partial charge >= 0.3 is 0 Å². The molecule has 5 nitrogen and oxygen atoms in total. The summed E-state index contributed by atoms with van der Waals surface area (Å²) in [4.78, 5) is 14.1. The first-order valence-corrected chi connectivity index (χ1v) is 6.44. The Kier molecular flexibility index (Phi) is 6.47. The van der Waals surface area contributed by atoms with E-state index in [1.807, 2.05) is 0 Å². The molecule has 1 amide bonds. The molecule has 100 valence electrons. The van der Waals surface area contributed by atoms with Gasteiger partial charge < -0.3 is 20.7 Å². The average Bonchev–Trinajstić information content (AvgIpc) is 2.38. The van der Waals surface area contributed by atoms with E-state index >= 15 is 0 Å². The number of ether oxygens (including phenoxy) is 1. The first-order valence-electron chi connectivity index (χ1n) is 6.44. The number of nitrogens with zero attached hydrogens (tertiary/aromatic N) is 1. The molecule has 1 heterocycles. The minimum atomic E-state index is -0.509. The average molecular weight is 243 g/mol. The molecule has 1 fully saturated rings. The summed E-state index contributed by atoms with van der Waals surface area (Å²) in [6.45, 7) is 6.57. The molecule has 0 aromatic carbocycles. The monoisotopic (exact) mass is 243 g/mol. The van der Waals surface area contributed by atoms with Crippen molar-refractivity contribution in [3.05, 3.63) is 0 Å². The van der Waals surface area contributed by atoms with Gasteiger partial charge in [0.25, 0.3) is 0 Å². The van der Waals surface area contributed by atoms with E-state index in [1.165, 1.54) is 7.11 Å². The lowest BCUT2D eigenvalue weighted by atomic mass is 9.97. The van der Waals surface area contributed by atoms with Crippen molar-refractivity contribution < 1.29 is 9.53 Å². The number of rotatable bonds is 6. The molecule has 0 aromatic rings. The molecule has 1 atom stereocenters. The van der Waals surface area contributed by atoms with Crippen molar-refractivity contribution in [3.63, 3.8) is 0 Å². The maximum absolute atomic E-state index is 11.6. The maximum Gasteiger partial charge on any atom is 0.250 e. The van der Waals surface area contributed by atoms with E-state index in [1.54, 1.807) is 0 Å². The normalized spacial score (nSPS) is 20.2. The van der Waals surface area contributed by atoms with Crippen LogP contribution >= 0.6 is 0 Å². The van der Waals surface area contributed by atoms with E-state index in [4.69, 9.17) is 10.5 Å². The van der Waals surface area contributed by atoms with Gasteiger partial charge in [-0.3, -0.25) is 4.79 Å². The molecule has 0 spiro atoms. The largest absolute Gasteiger partial charge is 0.370 e. The predicted molar refractivity (Wildman–Crippen MR) is 67.7 cm³/mol. The number of hydrogen-bond donors (Lipinski definition) is 2. The van der Waals surface area contributed by atoms with Crippen LogP contribution in [-0.2, 0) is 9.53 Å². The molecule has 1 rings (SSSR count). The van der Waals surface area contributed by atoms with Gasteiger partial charge in [0.2, 0.25) is 5.91 Å². The van der Waals surface area contributed by atoms with Crippen LogP contribution < -0.4 is 11.1 Å². The highest BCUT2D eigenvalue weighted by Crippen LogP contribution is 2.15. The van der Waals surface area contributed by atoms with Gasteiger partial charge in [-0.25, -0.2) is 0 Å². The van der Waals surface area contributed by atoms with E-state index in [0.717, 1.165) is 39.0 Å². The number of methoxy groups -OCH3 is 1. The van der Waals surface area contributed by atoms with Crippen molar-refractivity contribution in [2.45, 2.75) is 25.9 Å². The van der Waals surface area contributed by atoms with Crippen LogP contribution in [0.25, 0.3) is 0 Å². The minimum Gasteiger partial charge on any atom is -0.370 e. The van der Waals surface area contributed by atoms with Gasteiger partial charge in [-0.15, -0.1) is 0 Å². The molecule has 0 saturated carbocycles. The summed E-state index contributed by atoms with van der Waals surface area (Å²) in [5.41, 5.74) is 5.44. The Hall–Kier alpha value is -0.650. The van der Waals surface area contributed by atoms with Crippen LogP contribution in [-0.4, -0.2) is 56.7 Å². The highest BCUT2D eigenvalue weighted by molar-refractivity contribution is 5.80. The van der Waals surface area contributed by atoms with E-state index in [0.29, 0.717) is 5.92 Å². The Labute approximate surface area is 104 Å². The molecule has 17 heavy (non-hydrogen) atoms. The Bertz CT molecular complexity index is 224. The Morgan fingerprint density at radius 3 is 2.65 bits per heavy atom. The molecule has 5 heteroatoms. The number of nitrogens with two attached hydrogens (primary N) is 1. The number of piperidine rings is 1. The topological polar surface area (TPSA) is 67.6 Å². The molecule has 0 aliphatic carbocycles. The van der Waals surface area contributed by atoms with Crippen LogP contribution in [0.5, 0.6) is 0 Å². The number of amides is 1. The van der Waals surface area contributed by atoms with Gasteiger partial charge in [-0.05, 0) is 38.4 Å². The lowest BCUT2D eigenvalue weighted by molar-refractivity contribution is -0.130. The SMILES string of the molecule is CCN1CCC(CNC(=O)C(CN)OC)CC1. The third kappa shape index (κ3) is 4.61. The Morgan fingerprint density at radius 2 is 2.18 bits per heavy atom. The highest BCUT2D eigenvalue weighted by Gasteiger charge is 2.20. The minimum absolute atomic E-state index is 0.0899. The Balaban J connectivity index is 2.21. The number of likely N-dealkylation sites (tertiary alicyclic amines) is 1. The fourth-order valence-corrected chi connectivity index (χ4v) is 2.18. The van der Waals surface area contributed by atoms with E-state index in [9.17, 15) is 4.79 Å². The van der Waals surface area contributed by atoms with Crippen molar-refractivity contribution in [2.75, 3.05) is 39.8 Å². The van der Waals surface area contributed by atoms with Gasteiger partial charge in [0.1, 0.15) is 6.10 Å². The fraction of sp³-hybridized carbons (Fsp3) is 0.917. The van der Waals surface area contributed by atoms with Crippen LogP contribution in [0.4, 0.5) is 0 Å². The first kappa shape index (κ1) is 14.4. The number of hydrogen-bond acceptors (Lipinski definition) is 4. The van der Waals surface area contributed by atoms with Crippen molar-refractivity contribution in [1.82, 2.24) is 10.2 Å². The lowest BCUT2D eigenvalue weighted by Crippen LogP contribution is -2.44. The molecule has 1 saturated heterocycles. The van der Waals surface area contributed by atoms with E-state index in [2.05, 4.69) is 17.1 Å². The summed E-state index contributed by atoms with van der Waals surface area (Å²) >= 11 is 0. The van der Waals surface area contributed by atoms with Crippen LogP contribution in [0, 0.1) is 5.92 Å². The standard InChI is InChI=1S/C12H25N3O2/c1-3-15-6-4-10(5-7-15)9-14-12(16)11(8-13)17-2/h10-11H,3-9,13H2,1-2H3,(H,14,16). The zero-order chi connectivity index (χ0) is 12.7. The van der Waals surface area contributed by atoms with Crippen LogP contribution in [0.3, 0.4) is 0 Å². The molecular formula is C12H25N3O2. The summed E-state index contributed by atoms with van der Waals surface area (Å²) in [6.07, 6.45) is 1.81. The first-order chi connectivity index (χ1) is 8.21. The van der Waals surface area contributed by atoms with E-state index < -0.39 is 6.10 Å². The van der Waals surface area contributed by atoms with Crippen LogP contribution in [0.2, 0.25) is 0 Å². The van der Waals surface area contributed by atoms with Crippen molar-refractivity contribution in [1.29, 1.82) is 0 Å². The van der Waals surface area contributed by atoms with Crippen molar-refractivity contribution in [2.24, 2.45) is 11.7 Å². The molecule has 1 aliphatic heterocycles. The molecule has 0 aromatic heterocycles. The van der Waals surface area contributed by atoms with Gasteiger partial charge in [-0.2, -0.15) is 0 Å². The second kappa shape index (κ2) is 7.63. The lowest BCUT2D eigenvalue weighted by Gasteiger charge is -2.31. The van der Waals surface area contributed by atoms with Crippen molar-refractivity contribution >= 4 is 5.91 Å². The number of carbonyl (C=O) groups excluding carboxylic acids is 1. The zero-order valence-electron chi connectivity index (χ0n) is 10.9. The van der Waals surface area contributed by atoms with Crippen molar-refractivity contribution in [3.8, 4) is 0 Å². The summed E-state index contributed by atoms with van der Waals surface area (Å²) in [7, 11) is 1.51. The number of carbonyl (C=O) groups is 1. The summed E-state index contributed by atoms with van der Waals surface area (Å²) in [5.74, 6) is 0.505. The second-order valence-electron chi connectivity index (χ2n) is 4.58. The molecular weight excluding hydrogens is 218 g/mol. The second-order valence-corrected chi connectivity index (χ2v) is 4.58. The molecule has 0 bridgehead atoms. The molecule has 1 aliphatic rings. The van der Waals surface area contributed by atoms with Gasteiger partial charge in [0, 0.05) is 20.2 Å². The Morgan fingerprint density at radius 1 is 1.53 bits per heavy atom. The van der Waals surface area contributed by atoms with Gasteiger partial charge in [0.15, 0.2) is 0 Å². The predicted octanol–water partition coefficient (Wildman–Crippen LogP) is -0.192. The van der Waals surface area contributed by atoms with E-state index in [-0.39, 0.29) is 12.5 Å². The number of nitrogens with one attached hydrogen (secondary N) is 1. The quantitative estimate of drug-likeness (QED) is 0.678. The fourth-order valence-electron chi connectivity index (χ4n) is 2.18. The summed E-state index contributed by atoms with van der Waals surface area (Å²) in [6, 6.07) is 0. The smallest absolute Gasteiger partial charge is 0.250 e. The summed E-state index contributed by atoms with van der Waals surface area (Å²) < 4.78 is 4.99. The third-order valence-electron chi connectivity index (χ3n) is 3.51. The van der Waals surface area contributed by atoms with Crippen LogP contribution in [0.1, 0.15) is 19.8 Å². The van der Waals surface area contributed by atoms with Gasteiger partial charge in [-0.1, -0.05) is 6.92 Å². The third-order valence-corrected chi connectivity index (χ3v) is 3.51. The molecule has 1 unspecified atom stereocenters. The summed E-state index contributed by atoms with van der Waals surface area (Å²) in [5, 5.41) is 2.92.